The molecule has 2 aromatic heterocycles. The van der Waals surface area contributed by atoms with Crippen molar-refractivity contribution >= 4 is 44.9 Å². The average molecular weight is 466 g/mol. The lowest BCUT2D eigenvalue weighted by Crippen LogP contribution is -2.27. The van der Waals surface area contributed by atoms with Crippen molar-refractivity contribution < 1.29 is 9.18 Å². The molecule has 0 saturated heterocycles. The van der Waals surface area contributed by atoms with Crippen molar-refractivity contribution in [3.8, 4) is 11.1 Å². The Balaban J connectivity index is 1.68. The lowest BCUT2D eigenvalue weighted by Gasteiger charge is -2.15. The van der Waals surface area contributed by atoms with Crippen LogP contribution in [0.3, 0.4) is 0 Å². The molecule has 1 unspecified atom stereocenters. The molecule has 32 heavy (non-hydrogen) atoms. The Labute approximate surface area is 192 Å². The number of allylic oxidation sites excluding steroid dienone is 1. The Morgan fingerprint density at radius 3 is 2.69 bits per heavy atom. The van der Waals surface area contributed by atoms with E-state index in [1.54, 1.807) is 25.1 Å². The third-order valence-electron chi connectivity index (χ3n) is 4.84. The topological polar surface area (TPSA) is 64.0 Å². The van der Waals surface area contributed by atoms with E-state index >= 15 is 0 Å². The van der Waals surface area contributed by atoms with E-state index < -0.39 is 11.1 Å². The van der Waals surface area contributed by atoms with Crippen LogP contribution in [-0.2, 0) is 11.3 Å². The standard InChI is InChI=1S/C24H20FN3O2S2/c1-3-13-28-23(30)20-17(16-9-5-4-6-10-16)14-31-22(20)27-24(28)32-15(2)21(29)26-19-12-8-7-11-18(19)25/h3-12,14-15H,1,13H2,2H3,(H,26,29). The van der Waals surface area contributed by atoms with Gasteiger partial charge in [0.1, 0.15) is 10.6 Å². The molecule has 0 aliphatic carbocycles. The van der Waals surface area contributed by atoms with Crippen molar-refractivity contribution in [1.29, 1.82) is 0 Å². The van der Waals surface area contributed by atoms with Gasteiger partial charge in [-0.25, -0.2) is 9.37 Å². The number of benzene rings is 2. The first-order valence-electron chi connectivity index (χ1n) is 9.90. The number of thioether (sulfide) groups is 1. The summed E-state index contributed by atoms with van der Waals surface area (Å²) in [6.07, 6.45) is 1.62. The largest absolute Gasteiger partial charge is 0.323 e. The average Bonchev–Trinajstić information content (AvgIpc) is 3.22. The molecule has 0 fully saturated rings. The summed E-state index contributed by atoms with van der Waals surface area (Å²) in [5, 5.41) is 4.88. The number of halogens is 1. The molecule has 0 radical (unpaired) electrons. The molecule has 4 aromatic rings. The molecule has 2 aromatic carbocycles. The molecule has 0 aliphatic rings. The van der Waals surface area contributed by atoms with Crippen LogP contribution in [-0.4, -0.2) is 20.7 Å². The molecular weight excluding hydrogens is 445 g/mol. The number of para-hydroxylation sites is 1. The van der Waals surface area contributed by atoms with Gasteiger partial charge in [-0.05, 0) is 24.6 Å². The Hall–Kier alpha value is -3.23. The van der Waals surface area contributed by atoms with Crippen molar-refractivity contribution in [3.05, 3.63) is 88.8 Å². The fourth-order valence-corrected chi connectivity index (χ4v) is 5.13. The zero-order valence-electron chi connectivity index (χ0n) is 17.2. The second-order valence-electron chi connectivity index (χ2n) is 7.02. The number of fused-ring (bicyclic) bond motifs is 1. The molecule has 5 nitrogen and oxygen atoms in total. The van der Waals surface area contributed by atoms with Crippen molar-refractivity contribution in [3.63, 3.8) is 0 Å². The summed E-state index contributed by atoms with van der Waals surface area (Å²) in [7, 11) is 0. The first-order chi connectivity index (χ1) is 15.5. The molecule has 1 amide bonds. The van der Waals surface area contributed by atoms with Gasteiger partial charge in [0, 0.05) is 17.5 Å². The van der Waals surface area contributed by atoms with Gasteiger partial charge in [0.15, 0.2) is 5.16 Å². The van der Waals surface area contributed by atoms with Crippen molar-refractivity contribution in [2.75, 3.05) is 5.32 Å². The minimum Gasteiger partial charge on any atom is -0.323 e. The number of nitrogens with one attached hydrogen (secondary N) is 1. The number of aromatic nitrogens is 2. The number of carbonyl (C=O) groups is 1. The predicted molar refractivity (Wildman–Crippen MR) is 130 cm³/mol. The van der Waals surface area contributed by atoms with Gasteiger partial charge in [-0.1, -0.05) is 60.3 Å². The zero-order chi connectivity index (χ0) is 22.7. The van der Waals surface area contributed by atoms with Crippen LogP contribution in [0.5, 0.6) is 0 Å². The predicted octanol–water partition coefficient (Wildman–Crippen LogP) is 5.57. The van der Waals surface area contributed by atoms with Crippen LogP contribution in [0, 0.1) is 5.82 Å². The van der Waals surface area contributed by atoms with Crippen LogP contribution in [0.2, 0.25) is 0 Å². The van der Waals surface area contributed by atoms with Crippen LogP contribution < -0.4 is 10.9 Å². The molecule has 4 rings (SSSR count). The summed E-state index contributed by atoms with van der Waals surface area (Å²) in [5.41, 5.74) is 1.71. The van der Waals surface area contributed by atoms with E-state index in [0.717, 1.165) is 22.9 Å². The minimum atomic E-state index is -0.608. The van der Waals surface area contributed by atoms with Crippen LogP contribution >= 0.6 is 23.1 Å². The minimum absolute atomic E-state index is 0.114. The van der Waals surface area contributed by atoms with Gasteiger partial charge in [0.2, 0.25) is 5.91 Å². The number of hydrogen-bond donors (Lipinski definition) is 1. The number of amides is 1. The van der Waals surface area contributed by atoms with E-state index in [0.29, 0.717) is 15.4 Å². The zero-order valence-corrected chi connectivity index (χ0v) is 18.9. The molecular formula is C24H20FN3O2S2. The Kier molecular flexibility index (Phi) is 6.53. The van der Waals surface area contributed by atoms with Gasteiger partial charge in [0.25, 0.3) is 5.56 Å². The van der Waals surface area contributed by atoms with Crippen molar-refractivity contribution in [2.24, 2.45) is 0 Å². The number of rotatable bonds is 7. The second-order valence-corrected chi connectivity index (χ2v) is 9.19. The van der Waals surface area contributed by atoms with Crippen LogP contribution in [0.25, 0.3) is 21.3 Å². The maximum Gasteiger partial charge on any atom is 0.263 e. The summed E-state index contributed by atoms with van der Waals surface area (Å²) in [5.74, 6) is -0.885. The van der Waals surface area contributed by atoms with E-state index in [1.165, 1.54) is 28.0 Å². The van der Waals surface area contributed by atoms with Gasteiger partial charge in [-0.3, -0.25) is 14.2 Å². The summed E-state index contributed by atoms with van der Waals surface area (Å²) >= 11 is 2.54. The fourth-order valence-electron chi connectivity index (χ4n) is 3.22. The number of carbonyl (C=O) groups excluding carboxylic acids is 1. The lowest BCUT2D eigenvalue weighted by molar-refractivity contribution is -0.115. The third-order valence-corrected chi connectivity index (χ3v) is 6.80. The van der Waals surface area contributed by atoms with Crippen LogP contribution in [0.1, 0.15) is 6.92 Å². The molecule has 0 aliphatic heterocycles. The van der Waals surface area contributed by atoms with Crippen LogP contribution in [0.15, 0.2) is 82.6 Å². The Morgan fingerprint density at radius 2 is 1.97 bits per heavy atom. The first-order valence-corrected chi connectivity index (χ1v) is 11.7. The highest BCUT2D eigenvalue weighted by Crippen LogP contribution is 2.33. The van der Waals surface area contributed by atoms with E-state index in [1.807, 2.05) is 35.7 Å². The van der Waals surface area contributed by atoms with Crippen molar-refractivity contribution in [2.45, 2.75) is 23.9 Å². The van der Waals surface area contributed by atoms with Gasteiger partial charge in [-0.15, -0.1) is 17.9 Å². The summed E-state index contributed by atoms with van der Waals surface area (Å²) < 4.78 is 15.4. The molecule has 8 heteroatoms. The van der Waals surface area contributed by atoms with Gasteiger partial charge in [0.05, 0.1) is 16.3 Å². The summed E-state index contributed by atoms with van der Waals surface area (Å²) in [4.78, 5) is 31.3. The smallest absolute Gasteiger partial charge is 0.263 e. The van der Waals surface area contributed by atoms with Crippen molar-refractivity contribution in [1.82, 2.24) is 9.55 Å². The van der Waals surface area contributed by atoms with Gasteiger partial charge < -0.3 is 5.32 Å². The Morgan fingerprint density at radius 1 is 1.25 bits per heavy atom. The molecule has 0 spiro atoms. The first kappa shape index (κ1) is 22.0. The van der Waals surface area contributed by atoms with E-state index in [2.05, 4.69) is 11.9 Å². The highest BCUT2D eigenvalue weighted by molar-refractivity contribution is 8.00. The number of nitrogens with zero attached hydrogens (tertiary/aromatic N) is 2. The quantitative estimate of drug-likeness (QED) is 0.220. The number of hydrogen-bond acceptors (Lipinski definition) is 5. The number of thiophene rings is 1. The normalized spacial score (nSPS) is 11.9. The molecule has 162 valence electrons. The van der Waals surface area contributed by atoms with Gasteiger partial charge in [-0.2, -0.15) is 0 Å². The van der Waals surface area contributed by atoms with Gasteiger partial charge >= 0.3 is 0 Å². The second kappa shape index (κ2) is 9.50. The van der Waals surface area contributed by atoms with E-state index in [9.17, 15) is 14.0 Å². The molecule has 0 saturated carbocycles. The highest BCUT2D eigenvalue weighted by Gasteiger charge is 2.22. The molecule has 1 N–H and O–H groups in total. The maximum absolute atomic E-state index is 13.9. The SMILES string of the molecule is C=CCn1c(SC(C)C(=O)Nc2ccccc2F)nc2scc(-c3ccccc3)c2c1=O. The van der Waals surface area contributed by atoms with E-state index in [4.69, 9.17) is 4.98 Å². The molecule has 2 heterocycles. The maximum atomic E-state index is 13.9. The van der Waals surface area contributed by atoms with Crippen LogP contribution in [0.4, 0.5) is 10.1 Å². The highest BCUT2D eigenvalue weighted by atomic mass is 32.2. The molecule has 1 atom stereocenters. The monoisotopic (exact) mass is 465 g/mol. The van der Waals surface area contributed by atoms with E-state index in [-0.39, 0.29) is 23.7 Å². The summed E-state index contributed by atoms with van der Waals surface area (Å²) in [6.45, 7) is 5.70. The summed E-state index contributed by atoms with van der Waals surface area (Å²) in [6, 6.07) is 15.7. The lowest BCUT2D eigenvalue weighted by atomic mass is 10.1. The molecule has 0 bridgehead atoms. The third kappa shape index (κ3) is 4.37. The fraction of sp³-hybridized carbons (Fsp3) is 0.125. The Bertz CT molecular complexity index is 1350. The number of anilines is 1.